The summed E-state index contributed by atoms with van der Waals surface area (Å²) in [6.45, 7) is 2.45. The molecule has 1 aromatic rings. The third-order valence-electron chi connectivity index (χ3n) is 2.94. The van der Waals surface area contributed by atoms with Crippen LogP contribution < -0.4 is 20.5 Å². The van der Waals surface area contributed by atoms with Crippen molar-refractivity contribution in [3.63, 3.8) is 0 Å². The van der Waals surface area contributed by atoms with Crippen LogP contribution in [0.1, 0.15) is 18.9 Å². The van der Waals surface area contributed by atoms with Crippen LogP contribution in [0, 0.1) is 0 Å². The first-order chi connectivity index (χ1) is 9.12. The zero-order chi connectivity index (χ0) is 14.3. The predicted molar refractivity (Wildman–Crippen MR) is 74.5 cm³/mol. The summed E-state index contributed by atoms with van der Waals surface area (Å²) < 4.78 is 10.4. The van der Waals surface area contributed by atoms with Crippen molar-refractivity contribution < 1.29 is 14.3 Å². The third-order valence-corrected chi connectivity index (χ3v) is 2.94. The quantitative estimate of drug-likeness (QED) is 0.775. The number of carbonyl (C=O) groups is 1. The molecule has 0 aliphatic carbocycles. The number of nitrogens with one attached hydrogen (secondary N) is 1. The normalized spacial score (nSPS) is 11.8. The van der Waals surface area contributed by atoms with E-state index in [2.05, 4.69) is 5.32 Å². The molecule has 0 aliphatic heterocycles. The van der Waals surface area contributed by atoms with Crippen molar-refractivity contribution in [1.82, 2.24) is 5.32 Å². The van der Waals surface area contributed by atoms with E-state index in [9.17, 15) is 4.79 Å². The molecule has 0 saturated carbocycles. The van der Waals surface area contributed by atoms with Crippen LogP contribution in [0.15, 0.2) is 18.2 Å². The third kappa shape index (κ3) is 4.44. The Morgan fingerprint density at radius 3 is 2.58 bits per heavy atom. The van der Waals surface area contributed by atoms with Crippen molar-refractivity contribution in [2.75, 3.05) is 20.8 Å². The SMILES string of the molecule is CC[C@H](N)C(=O)NCCc1ccc(OC)c(OC)c1. The summed E-state index contributed by atoms with van der Waals surface area (Å²) in [6, 6.07) is 5.29. The van der Waals surface area contributed by atoms with Crippen molar-refractivity contribution in [2.24, 2.45) is 5.73 Å². The predicted octanol–water partition coefficient (Wildman–Crippen LogP) is 1.10. The van der Waals surface area contributed by atoms with Gasteiger partial charge in [0, 0.05) is 6.54 Å². The highest BCUT2D eigenvalue weighted by Crippen LogP contribution is 2.27. The maximum atomic E-state index is 11.5. The summed E-state index contributed by atoms with van der Waals surface area (Å²) in [4.78, 5) is 11.5. The van der Waals surface area contributed by atoms with Gasteiger partial charge in [-0.15, -0.1) is 0 Å². The molecule has 106 valence electrons. The average molecular weight is 266 g/mol. The molecule has 0 bridgehead atoms. The van der Waals surface area contributed by atoms with Crippen molar-refractivity contribution in [3.8, 4) is 11.5 Å². The smallest absolute Gasteiger partial charge is 0.236 e. The first kappa shape index (κ1) is 15.3. The number of nitrogens with two attached hydrogens (primary N) is 1. The monoisotopic (exact) mass is 266 g/mol. The van der Waals surface area contributed by atoms with Gasteiger partial charge in [-0.2, -0.15) is 0 Å². The minimum Gasteiger partial charge on any atom is -0.493 e. The molecular weight excluding hydrogens is 244 g/mol. The molecule has 5 heteroatoms. The van der Waals surface area contributed by atoms with Crippen molar-refractivity contribution >= 4 is 5.91 Å². The summed E-state index contributed by atoms with van der Waals surface area (Å²) in [5.41, 5.74) is 6.70. The molecule has 0 unspecified atom stereocenters. The molecule has 0 aliphatic rings. The van der Waals surface area contributed by atoms with E-state index in [0.29, 0.717) is 24.5 Å². The van der Waals surface area contributed by atoms with E-state index >= 15 is 0 Å². The Labute approximate surface area is 114 Å². The van der Waals surface area contributed by atoms with Crippen LogP contribution in [0.4, 0.5) is 0 Å². The first-order valence-corrected chi connectivity index (χ1v) is 6.36. The number of rotatable bonds is 7. The number of ether oxygens (including phenoxy) is 2. The Morgan fingerprint density at radius 2 is 2.00 bits per heavy atom. The second-order valence-corrected chi connectivity index (χ2v) is 4.25. The number of hydrogen-bond donors (Lipinski definition) is 2. The summed E-state index contributed by atoms with van der Waals surface area (Å²) in [6.07, 6.45) is 1.37. The van der Waals surface area contributed by atoms with Crippen molar-refractivity contribution in [1.29, 1.82) is 0 Å². The largest absolute Gasteiger partial charge is 0.493 e. The van der Waals surface area contributed by atoms with Gasteiger partial charge in [0.25, 0.3) is 0 Å². The van der Waals surface area contributed by atoms with E-state index in [4.69, 9.17) is 15.2 Å². The lowest BCUT2D eigenvalue weighted by atomic mass is 10.1. The second-order valence-electron chi connectivity index (χ2n) is 4.25. The molecule has 1 aromatic carbocycles. The molecule has 19 heavy (non-hydrogen) atoms. The fourth-order valence-electron chi connectivity index (χ4n) is 1.68. The van der Waals surface area contributed by atoms with E-state index in [1.54, 1.807) is 14.2 Å². The zero-order valence-electron chi connectivity index (χ0n) is 11.7. The number of methoxy groups -OCH3 is 2. The van der Waals surface area contributed by atoms with Crippen molar-refractivity contribution in [2.45, 2.75) is 25.8 Å². The molecule has 1 rings (SSSR count). The number of benzene rings is 1. The van der Waals surface area contributed by atoms with E-state index in [1.807, 2.05) is 25.1 Å². The topological polar surface area (TPSA) is 73.6 Å². The van der Waals surface area contributed by atoms with Crippen LogP contribution in [0.5, 0.6) is 11.5 Å². The average Bonchev–Trinajstić information content (AvgIpc) is 2.45. The van der Waals surface area contributed by atoms with Crippen LogP contribution >= 0.6 is 0 Å². The maximum absolute atomic E-state index is 11.5. The van der Waals surface area contributed by atoms with Gasteiger partial charge in [0.05, 0.1) is 20.3 Å². The standard InChI is InChI=1S/C14H22N2O3/c1-4-11(15)14(17)16-8-7-10-5-6-12(18-2)13(9-10)19-3/h5-6,9,11H,4,7-8,15H2,1-3H3,(H,16,17)/t11-/m0/s1. The molecule has 0 aromatic heterocycles. The fourth-order valence-corrected chi connectivity index (χ4v) is 1.68. The maximum Gasteiger partial charge on any atom is 0.236 e. The highest BCUT2D eigenvalue weighted by atomic mass is 16.5. The summed E-state index contributed by atoms with van der Waals surface area (Å²) in [5, 5.41) is 2.81. The summed E-state index contributed by atoms with van der Waals surface area (Å²) in [7, 11) is 3.20. The molecule has 1 atom stereocenters. The molecule has 0 saturated heterocycles. The molecular formula is C14H22N2O3. The molecule has 5 nitrogen and oxygen atoms in total. The van der Waals surface area contributed by atoms with E-state index in [0.717, 1.165) is 12.0 Å². The van der Waals surface area contributed by atoms with Crippen LogP contribution in [-0.2, 0) is 11.2 Å². The molecule has 3 N–H and O–H groups in total. The van der Waals surface area contributed by atoms with E-state index < -0.39 is 6.04 Å². The van der Waals surface area contributed by atoms with Gasteiger partial charge in [0.15, 0.2) is 11.5 Å². The van der Waals surface area contributed by atoms with Gasteiger partial charge in [-0.25, -0.2) is 0 Å². The van der Waals surface area contributed by atoms with Crippen LogP contribution in [0.3, 0.4) is 0 Å². The molecule has 0 heterocycles. The highest BCUT2D eigenvalue weighted by molar-refractivity contribution is 5.81. The number of amides is 1. The van der Waals surface area contributed by atoms with E-state index in [1.165, 1.54) is 0 Å². The minimum absolute atomic E-state index is 0.108. The molecule has 0 fully saturated rings. The molecule has 1 amide bonds. The Hall–Kier alpha value is -1.75. The van der Waals surface area contributed by atoms with Crippen molar-refractivity contribution in [3.05, 3.63) is 23.8 Å². The molecule has 0 radical (unpaired) electrons. The van der Waals surface area contributed by atoms with Gasteiger partial charge in [0.1, 0.15) is 0 Å². The van der Waals surface area contributed by atoms with Crippen LogP contribution in [-0.4, -0.2) is 32.7 Å². The Bertz CT molecular complexity index is 421. The van der Waals surface area contributed by atoms with Crippen LogP contribution in [0.25, 0.3) is 0 Å². The zero-order valence-corrected chi connectivity index (χ0v) is 11.7. The summed E-state index contributed by atoms with van der Waals surface area (Å²) >= 11 is 0. The lowest BCUT2D eigenvalue weighted by Crippen LogP contribution is -2.40. The minimum atomic E-state index is -0.426. The lowest BCUT2D eigenvalue weighted by Gasteiger charge is -2.11. The fraction of sp³-hybridized carbons (Fsp3) is 0.500. The van der Waals surface area contributed by atoms with Gasteiger partial charge in [-0.05, 0) is 30.5 Å². The Balaban J connectivity index is 2.52. The van der Waals surface area contributed by atoms with Crippen LogP contribution in [0.2, 0.25) is 0 Å². The lowest BCUT2D eigenvalue weighted by molar-refractivity contribution is -0.122. The number of carbonyl (C=O) groups excluding carboxylic acids is 1. The molecule has 0 spiro atoms. The van der Waals surface area contributed by atoms with E-state index in [-0.39, 0.29) is 5.91 Å². The van der Waals surface area contributed by atoms with Gasteiger partial charge >= 0.3 is 0 Å². The summed E-state index contributed by atoms with van der Waals surface area (Å²) in [5.74, 6) is 1.28. The van der Waals surface area contributed by atoms with Gasteiger partial charge in [-0.1, -0.05) is 13.0 Å². The highest BCUT2D eigenvalue weighted by Gasteiger charge is 2.10. The van der Waals surface area contributed by atoms with Gasteiger partial charge < -0.3 is 20.5 Å². The van der Waals surface area contributed by atoms with Gasteiger partial charge in [-0.3, -0.25) is 4.79 Å². The van der Waals surface area contributed by atoms with Gasteiger partial charge in [0.2, 0.25) is 5.91 Å². The number of hydrogen-bond acceptors (Lipinski definition) is 4. The Morgan fingerprint density at radius 1 is 1.32 bits per heavy atom. The Kier molecular flexibility index (Phi) is 6.15. The first-order valence-electron chi connectivity index (χ1n) is 6.36. The second kappa shape index (κ2) is 7.63.